The molecular formula is C23H23F2N3O3S. The molecule has 0 saturated carbocycles. The molecule has 0 fully saturated rings. The molecule has 0 aliphatic carbocycles. The summed E-state index contributed by atoms with van der Waals surface area (Å²) in [6.45, 7) is 6.19. The molecule has 1 heterocycles. The molecule has 9 heteroatoms. The maximum atomic E-state index is 13.6. The van der Waals surface area contributed by atoms with Gasteiger partial charge in [-0.25, -0.2) is 13.5 Å². The van der Waals surface area contributed by atoms with E-state index in [-0.39, 0.29) is 0 Å². The number of rotatable bonds is 8. The van der Waals surface area contributed by atoms with Gasteiger partial charge in [0.15, 0.2) is 23.1 Å². The highest BCUT2D eigenvalue weighted by Gasteiger charge is 2.17. The van der Waals surface area contributed by atoms with Crippen molar-refractivity contribution in [1.29, 1.82) is 0 Å². The van der Waals surface area contributed by atoms with Crippen LogP contribution >= 0.6 is 11.3 Å². The molecule has 0 bridgehead atoms. The smallest absolute Gasteiger partial charge is 0.206 e. The van der Waals surface area contributed by atoms with Crippen molar-refractivity contribution in [2.24, 2.45) is 10.1 Å². The highest BCUT2D eigenvalue weighted by Crippen LogP contribution is 2.41. The van der Waals surface area contributed by atoms with Gasteiger partial charge in [0.1, 0.15) is 0 Å². The average Bonchev–Trinajstić information content (AvgIpc) is 3.20. The van der Waals surface area contributed by atoms with Crippen LogP contribution in [0.2, 0.25) is 0 Å². The molecule has 0 aliphatic rings. The molecule has 0 saturated heterocycles. The Morgan fingerprint density at radius 2 is 1.75 bits per heavy atom. The van der Waals surface area contributed by atoms with Crippen molar-refractivity contribution in [3.63, 3.8) is 0 Å². The minimum absolute atomic E-state index is 0.407. The third kappa shape index (κ3) is 5.05. The van der Waals surface area contributed by atoms with E-state index in [1.165, 1.54) is 44.9 Å². The fourth-order valence-corrected chi connectivity index (χ4v) is 3.70. The Hall–Kier alpha value is -3.46. The van der Waals surface area contributed by atoms with E-state index < -0.39 is 11.6 Å². The van der Waals surface area contributed by atoms with Crippen LogP contribution in [0.15, 0.2) is 58.0 Å². The summed E-state index contributed by atoms with van der Waals surface area (Å²) >= 11 is 1.39. The van der Waals surface area contributed by atoms with Gasteiger partial charge in [0.2, 0.25) is 10.6 Å². The maximum Gasteiger partial charge on any atom is 0.206 e. The highest BCUT2D eigenvalue weighted by molar-refractivity contribution is 7.07. The van der Waals surface area contributed by atoms with Gasteiger partial charge in [-0.2, -0.15) is 5.10 Å². The Labute approximate surface area is 188 Å². The molecule has 0 radical (unpaired) electrons. The SMILES string of the molecule is C=C(C)CN=c1scc(-c2cc(OC)c(OC)c(OC)c2)n1N=Cc1ccc(F)c(F)c1. The summed E-state index contributed by atoms with van der Waals surface area (Å²) in [4.78, 5) is 5.17. The first-order valence-corrected chi connectivity index (χ1v) is 10.4. The Balaban J connectivity index is 2.17. The van der Waals surface area contributed by atoms with Crippen molar-refractivity contribution >= 4 is 17.6 Å². The lowest BCUT2D eigenvalue weighted by molar-refractivity contribution is 0.324. The second kappa shape index (κ2) is 10.2. The maximum absolute atomic E-state index is 13.6. The zero-order valence-corrected chi connectivity index (χ0v) is 19.0. The molecule has 32 heavy (non-hydrogen) atoms. The van der Waals surface area contributed by atoms with Gasteiger partial charge in [-0.1, -0.05) is 18.2 Å². The van der Waals surface area contributed by atoms with E-state index >= 15 is 0 Å². The van der Waals surface area contributed by atoms with Crippen molar-refractivity contribution in [2.45, 2.75) is 6.92 Å². The average molecular weight is 460 g/mol. The Morgan fingerprint density at radius 3 is 2.31 bits per heavy atom. The second-order valence-electron chi connectivity index (χ2n) is 6.82. The van der Waals surface area contributed by atoms with Crippen LogP contribution in [0, 0.1) is 11.6 Å². The van der Waals surface area contributed by atoms with E-state index in [2.05, 4.69) is 16.7 Å². The van der Waals surface area contributed by atoms with Crippen LogP contribution in [-0.2, 0) is 0 Å². The van der Waals surface area contributed by atoms with Crippen molar-refractivity contribution < 1.29 is 23.0 Å². The lowest BCUT2D eigenvalue weighted by atomic mass is 10.1. The molecule has 1 aromatic heterocycles. The number of ether oxygens (including phenoxy) is 3. The zero-order valence-electron chi connectivity index (χ0n) is 18.2. The monoisotopic (exact) mass is 459 g/mol. The summed E-state index contributed by atoms with van der Waals surface area (Å²) in [7, 11) is 4.61. The fourth-order valence-electron chi connectivity index (χ4n) is 2.87. The molecule has 3 rings (SSSR count). The Kier molecular flexibility index (Phi) is 7.42. The van der Waals surface area contributed by atoms with Gasteiger partial charge in [-0.05, 0) is 36.8 Å². The van der Waals surface area contributed by atoms with E-state index in [9.17, 15) is 8.78 Å². The van der Waals surface area contributed by atoms with Gasteiger partial charge in [0, 0.05) is 10.9 Å². The molecule has 2 aromatic carbocycles. The predicted molar refractivity (Wildman–Crippen MR) is 122 cm³/mol. The molecule has 0 atom stereocenters. The molecule has 0 amide bonds. The number of benzene rings is 2. The largest absolute Gasteiger partial charge is 0.493 e. The molecular weight excluding hydrogens is 436 g/mol. The minimum atomic E-state index is -0.943. The van der Waals surface area contributed by atoms with Crippen LogP contribution in [0.1, 0.15) is 12.5 Å². The first-order valence-electron chi connectivity index (χ1n) is 9.53. The normalized spacial score (nSPS) is 11.8. The van der Waals surface area contributed by atoms with Crippen molar-refractivity contribution in [3.8, 4) is 28.5 Å². The number of hydrogen-bond acceptors (Lipinski definition) is 6. The predicted octanol–water partition coefficient (Wildman–Crippen LogP) is 4.88. The van der Waals surface area contributed by atoms with E-state index in [0.717, 1.165) is 23.3 Å². The van der Waals surface area contributed by atoms with E-state index in [0.29, 0.717) is 39.9 Å². The Bertz CT molecular complexity index is 1210. The summed E-state index contributed by atoms with van der Waals surface area (Å²) in [6, 6.07) is 7.18. The van der Waals surface area contributed by atoms with Crippen LogP contribution in [0.5, 0.6) is 17.2 Å². The van der Waals surface area contributed by atoms with Gasteiger partial charge in [0.25, 0.3) is 0 Å². The highest BCUT2D eigenvalue weighted by atomic mass is 32.1. The van der Waals surface area contributed by atoms with Crippen LogP contribution in [0.25, 0.3) is 11.3 Å². The third-order valence-corrected chi connectivity index (χ3v) is 5.25. The second-order valence-corrected chi connectivity index (χ2v) is 7.66. The van der Waals surface area contributed by atoms with Crippen LogP contribution in [0.4, 0.5) is 8.78 Å². The first kappa shape index (κ1) is 23.2. The van der Waals surface area contributed by atoms with Crippen LogP contribution in [-0.4, -0.2) is 38.8 Å². The molecule has 168 valence electrons. The minimum Gasteiger partial charge on any atom is -0.493 e. The van der Waals surface area contributed by atoms with Crippen LogP contribution < -0.4 is 19.0 Å². The van der Waals surface area contributed by atoms with Gasteiger partial charge >= 0.3 is 0 Å². The summed E-state index contributed by atoms with van der Waals surface area (Å²) < 4.78 is 44.8. The standard InChI is InChI=1S/C23H23F2N3O3S/c1-14(2)11-26-23-28(27-12-15-6-7-17(24)18(25)8-15)19(13-32-23)16-9-20(29-3)22(31-5)21(10-16)30-4/h6-10,12-13H,1,11H2,2-5H3. The lowest BCUT2D eigenvalue weighted by Gasteiger charge is -2.14. The summed E-state index contributed by atoms with van der Waals surface area (Å²) in [5, 5.41) is 6.38. The Morgan fingerprint density at radius 1 is 1.06 bits per heavy atom. The molecule has 0 aliphatic heterocycles. The topological polar surface area (TPSA) is 57.3 Å². The lowest BCUT2D eigenvalue weighted by Crippen LogP contribution is -2.13. The number of aromatic nitrogens is 1. The first-order chi connectivity index (χ1) is 15.4. The van der Waals surface area contributed by atoms with E-state index in [1.807, 2.05) is 12.3 Å². The number of nitrogens with zero attached hydrogens (tertiary/aromatic N) is 3. The molecule has 0 unspecified atom stereocenters. The van der Waals surface area contributed by atoms with Crippen molar-refractivity contribution in [1.82, 2.24) is 4.68 Å². The zero-order chi connectivity index (χ0) is 23.3. The number of hydrogen-bond donors (Lipinski definition) is 0. The fraction of sp³-hybridized carbons (Fsp3) is 0.217. The third-order valence-electron chi connectivity index (χ3n) is 4.40. The van der Waals surface area contributed by atoms with Gasteiger partial charge in [0.05, 0.1) is 39.8 Å². The number of halogens is 2. The molecule has 0 spiro atoms. The van der Waals surface area contributed by atoms with Gasteiger partial charge in [-0.3, -0.25) is 4.99 Å². The molecule has 6 nitrogen and oxygen atoms in total. The summed E-state index contributed by atoms with van der Waals surface area (Å²) in [6.07, 6.45) is 1.44. The van der Waals surface area contributed by atoms with Crippen LogP contribution in [0.3, 0.4) is 0 Å². The van der Waals surface area contributed by atoms with Gasteiger partial charge < -0.3 is 14.2 Å². The molecule has 0 N–H and O–H groups in total. The molecule has 3 aromatic rings. The quantitative estimate of drug-likeness (QED) is 0.356. The number of methoxy groups -OCH3 is 3. The van der Waals surface area contributed by atoms with E-state index in [4.69, 9.17) is 14.2 Å². The summed E-state index contributed by atoms with van der Waals surface area (Å²) in [5.74, 6) is -0.408. The van der Waals surface area contributed by atoms with Gasteiger partial charge in [-0.15, -0.1) is 11.3 Å². The van der Waals surface area contributed by atoms with E-state index in [1.54, 1.807) is 16.8 Å². The summed E-state index contributed by atoms with van der Waals surface area (Å²) in [5.41, 5.74) is 2.75. The number of thiazole rings is 1. The van der Waals surface area contributed by atoms with Crippen molar-refractivity contribution in [2.75, 3.05) is 27.9 Å². The van der Waals surface area contributed by atoms with Crippen molar-refractivity contribution in [3.05, 3.63) is 69.9 Å².